The summed E-state index contributed by atoms with van der Waals surface area (Å²) in [6, 6.07) is 5.73. The van der Waals surface area contributed by atoms with Crippen molar-refractivity contribution in [1.29, 1.82) is 0 Å². The number of carboxylic acids is 1. The van der Waals surface area contributed by atoms with Gasteiger partial charge in [0.2, 0.25) is 0 Å². The summed E-state index contributed by atoms with van der Waals surface area (Å²) in [4.78, 5) is 16.8. The van der Waals surface area contributed by atoms with Crippen LogP contribution in [0.3, 0.4) is 0 Å². The molecule has 0 aliphatic heterocycles. The Balaban J connectivity index is 2.46. The number of aliphatic carboxylic acids is 1. The molecule has 21 heavy (non-hydrogen) atoms. The van der Waals surface area contributed by atoms with Gasteiger partial charge in [-0.2, -0.15) is 0 Å². The minimum Gasteiger partial charge on any atom is -0.550 e. The summed E-state index contributed by atoms with van der Waals surface area (Å²) >= 11 is 0. The van der Waals surface area contributed by atoms with E-state index in [1.54, 1.807) is 0 Å². The molecule has 2 aromatic heterocycles. The molecule has 5 nitrogen and oxygen atoms in total. The van der Waals surface area contributed by atoms with E-state index in [1.807, 2.05) is 28.8 Å². The number of nitrogens with zero attached hydrogens (tertiary/aromatic N) is 2. The second-order valence-corrected chi connectivity index (χ2v) is 6.37. The van der Waals surface area contributed by atoms with Crippen LogP contribution in [0.4, 0.5) is 0 Å². The van der Waals surface area contributed by atoms with Gasteiger partial charge in [0.1, 0.15) is 17.9 Å². The predicted octanol–water partition coefficient (Wildman–Crippen LogP) is -0.170. The molecule has 2 aromatic rings. The van der Waals surface area contributed by atoms with Gasteiger partial charge in [-0.25, -0.2) is 4.98 Å². The maximum absolute atomic E-state index is 11.0. The van der Waals surface area contributed by atoms with E-state index in [-0.39, 0.29) is 12.0 Å². The van der Waals surface area contributed by atoms with Crippen molar-refractivity contribution in [1.82, 2.24) is 9.38 Å². The number of fused-ring (bicyclic) bond motifs is 1. The summed E-state index contributed by atoms with van der Waals surface area (Å²) in [6.07, 6.45) is 1.80. The minimum absolute atomic E-state index is 0.0897. The molecular weight excluding hydrogens is 266 g/mol. The van der Waals surface area contributed by atoms with Crippen LogP contribution in [0, 0.1) is 0 Å². The number of hydrogen-bond donors (Lipinski definition) is 1. The first kappa shape index (κ1) is 15.5. The standard InChI is InChI=1S/C16H23N3O2/c1-5-18(16(2,3)4)11-13-12(10-15(20)21)17-14-8-6-7-9-19(13)14/h6-9H,5,10-11H2,1-4H3,(H,20,21). The summed E-state index contributed by atoms with van der Waals surface area (Å²) in [5, 5.41) is 11.0. The Bertz CT molecular complexity index is 640. The topological polar surface area (TPSA) is 61.9 Å². The van der Waals surface area contributed by atoms with Crippen molar-refractivity contribution in [3.05, 3.63) is 35.8 Å². The molecule has 0 aliphatic rings. The van der Waals surface area contributed by atoms with Gasteiger partial charge < -0.3 is 14.8 Å². The molecule has 1 atom stereocenters. The average Bonchev–Trinajstić information content (AvgIpc) is 2.71. The minimum atomic E-state index is -1.09. The van der Waals surface area contributed by atoms with Gasteiger partial charge in [-0.15, -0.1) is 0 Å². The molecule has 2 rings (SSSR count). The van der Waals surface area contributed by atoms with Crippen molar-refractivity contribution in [3.63, 3.8) is 0 Å². The van der Waals surface area contributed by atoms with E-state index in [0.717, 1.165) is 24.4 Å². The fraction of sp³-hybridized carbons (Fsp3) is 0.500. The number of carbonyl (C=O) groups is 1. The third-order valence-electron chi connectivity index (χ3n) is 3.89. The van der Waals surface area contributed by atoms with Crippen molar-refractivity contribution >= 4 is 11.6 Å². The molecule has 0 bridgehead atoms. The van der Waals surface area contributed by atoms with Gasteiger partial charge in [-0.1, -0.05) is 6.07 Å². The van der Waals surface area contributed by atoms with Crippen LogP contribution < -0.4 is 10.0 Å². The Morgan fingerprint density at radius 1 is 1.38 bits per heavy atom. The molecular formula is C16H23N3O2. The number of aromatic nitrogens is 2. The number of imidazole rings is 1. The van der Waals surface area contributed by atoms with E-state index in [4.69, 9.17) is 0 Å². The molecule has 0 spiro atoms. The molecule has 0 saturated carbocycles. The van der Waals surface area contributed by atoms with Crippen molar-refractivity contribution < 1.29 is 14.8 Å². The smallest absolute Gasteiger partial charge is 0.137 e. The monoisotopic (exact) mass is 289 g/mol. The van der Waals surface area contributed by atoms with Crippen LogP contribution in [-0.4, -0.2) is 27.4 Å². The average molecular weight is 289 g/mol. The molecule has 0 amide bonds. The quantitative estimate of drug-likeness (QED) is 0.831. The zero-order valence-electron chi connectivity index (χ0n) is 13.1. The van der Waals surface area contributed by atoms with E-state index >= 15 is 0 Å². The fourth-order valence-corrected chi connectivity index (χ4v) is 2.68. The normalized spacial score (nSPS) is 13.5. The van der Waals surface area contributed by atoms with E-state index in [0.29, 0.717) is 5.69 Å². The molecule has 2 heterocycles. The van der Waals surface area contributed by atoms with Crippen molar-refractivity contribution in [2.45, 2.75) is 46.2 Å². The molecule has 0 fully saturated rings. The zero-order valence-corrected chi connectivity index (χ0v) is 13.1. The SMILES string of the molecule is CC[NH+](Cc1c(CC(=O)[O-])nc2ccccn12)C(C)(C)C. The summed E-state index contributed by atoms with van der Waals surface area (Å²) < 4.78 is 1.99. The molecule has 0 saturated heterocycles. The van der Waals surface area contributed by atoms with Crippen LogP contribution in [0.15, 0.2) is 24.4 Å². The highest BCUT2D eigenvalue weighted by Crippen LogP contribution is 2.13. The van der Waals surface area contributed by atoms with Gasteiger partial charge in [0, 0.05) is 18.6 Å². The van der Waals surface area contributed by atoms with Gasteiger partial charge >= 0.3 is 0 Å². The van der Waals surface area contributed by atoms with Crippen LogP contribution >= 0.6 is 0 Å². The van der Waals surface area contributed by atoms with E-state index in [2.05, 4.69) is 32.7 Å². The van der Waals surface area contributed by atoms with Crippen LogP contribution in [0.25, 0.3) is 5.65 Å². The van der Waals surface area contributed by atoms with Gasteiger partial charge in [-0.3, -0.25) is 4.40 Å². The predicted molar refractivity (Wildman–Crippen MR) is 78.9 cm³/mol. The second-order valence-electron chi connectivity index (χ2n) is 6.37. The van der Waals surface area contributed by atoms with Gasteiger partial charge in [0.05, 0.1) is 17.8 Å². The summed E-state index contributed by atoms with van der Waals surface area (Å²) in [5.41, 5.74) is 2.44. The first-order chi connectivity index (χ1) is 9.82. The lowest BCUT2D eigenvalue weighted by atomic mass is 10.1. The lowest BCUT2D eigenvalue weighted by molar-refractivity contribution is -0.958. The van der Waals surface area contributed by atoms with Crippen LogP contribution in [-0.2, 0) is 17.8 Å². The Labute approximate surface area is 125 Å². The fourth-order valence-electron chi connectivity index (χ4n) is 2.68. The number of rotatable bonds is 5. The summed E-state index contributed by atoms with van der Waals surface area (Å²) in [6.45, 7) is 10.4. The van der Waals surface area contributed by atoms with Crippen LogP contribution in [0.5, 0.6) is 0 Å². The zero-order chi connectivity index (χ0) is 15.6. The molecule has 114 valence electrons. The Morgan fingerprint density at radius 3 is 2.67 bits per heavy atom. The largest absolute Gasteiger partial charge is 0.550 e. The lowest BCUT2D eigenvalue weighted by Gasteiger charge is -2.31. The molecule has 1 N–H and O–H groups in total. The third kappa shape index (κ3) is 3.42. The maximum Gasteiger partial charge on any atom is 0.137 e. The number of carbonyl (C=O) groups excluding carboxylic acids is 1. The highest BCUT2D eigenvalue weighted by atomic mass is 16.4. The third-order valence-corrected chi connectivity index (χ3v) is 3.89. The van der Waals surface area contributed by atoms with Crippen molar-refractivity contribution in [2.75, 3.05) is 6.54 Å². The molecule has 0 aliphatic carbocycles. The molecule has 0 aromatic carbocycles. The molecule has 5 heteroatoms. The molecule has 1 unspecified atom stereocenters. The van der Waals surface area contributed by atoms with E-state index in [1.165, 1.54) is 4.90 Å². The number of hydrogen-bond acceptors (Lipinski definition) is 3. The van der Waals surface area contributed by atoms with Crippen molar-refractivity contribution in [2.24, 2.45) is 0 Å². The van der Waals surface area contributed by atoms with Crippen LogP contribution in [0.2, 0.25) is 0 Å². The second kappa shape index (κ2) is 5.85. The molecule has 0 radical (unpaired) electrons. The number of nitrogens with one attached hydrogen (secondary N) is 1. The number of quaternary nitrogens is 1. The Kier molecular flexibility index (Phi) is 4.32. The maximum atomic E-state index is 11.0. The van der Waals surface area contributed by atoms with Gasteiger partial charge in [0.15, 0.2) is 0 Å². The van der Waals surface area contributed by atoms with Gasteiger partial charge in [-0.05, 0) is 39.8 Å². The summed E-state index contributed by atoms with van der Waals surface area (Å²) in [5.74, 6) is -1.09. The van der Waals surface area contributed by atoms with Gasteiger partial charge in [0.25, 0.3) is 0 Å². The van der Waals surface area contributed by atoms with Crippen LogP contribution in [0.1, 0.15) is 39.1 Å². The first-order valence-electron chi connectivity index (χ1n) is 7.32. The number of carboxylic acid groups (broad SMARTS) is 1. The highest BCUT2D eigenvalue weighted by Gasteiger charge is 2.26. The Hall–Kier alpha value is -1.88. The lowest BCUT2D eigenvalue weighted by Crippen LogP contribution is -3.17. The first-order valence-corrected chi connectivity index (χ1v) is 7.32. The van der Waals surface area contributed by atoms with Crippen molar-refractivity contribution in [3.8, 4) is 0 Å². The summed E-state index contributed by atoms with van der Waals surface area (Å²) in [7, 11) is 0. The number of pyridine rings is 1. The van der Waals surface area contributed by atoms with E-state index < -0.39 is 5.97 Å². The Morgan fingerprint density at radius 2 is 2.10 bits per heavy atom. The van der Waals surface area contributed by atoms with E-state index in [9.17, 15) is 9.90 Å². The highest BCUT2D eigenvalue weighted by molar-refractivity contribution is 5.68.